The highest BCUT2D eigenvalue weighted by Gasteiger charge is 2.10. The van der Waals surface area contributed by atoms with Crippen molar-refractivity contribution in [3.63, 3.8) is 0 Å². The third kappa shape index (κ3) is 5.49. The van der Waals surface area contributed by atoms with Crippen LogP contribution in [0.3, 0.4) is 0 Å². The molecule has 0 unspecified atom stereocenters. The number of oxazole rings is 1. The second-order valence-corrected chi connectivity index (χ2v) is 5.25. The summed E-state index contributed by atoms with van der Waals surface area (Å²) in [7, 11) is 0. The largest absolute Gasteiger partial charge is 0.441 e. The number of benzene rings is 1. The maximum Gasteiger partial charge on any atom is 0.239 e. The lowest BCUT2D eigenvalue weighted by atomic mass is 10.2. The Morgan fingerprint density at radius 1 is 1.17 bits per heavy atom. The van der Waals surface area contributed by atoms with Crippen molar-refractivity contribution in [3.05, 3.63) is 42.2 Å². The van der Waals surface area contributed by atoms with Crippen molar-refractivity contribution in [2.45, 2.75) is 26.2 Å². The zero-order chi connectivity index (χ0) is 17.4. The molecule has 0 saturated heterocycles. The Balaban J connectivity index is 1.77. The lowest BCUT2D eigenvalue weighted by Gasteiger charge is -2.05. The van der Waals surface area contributed by atoms with Gasteiger partial charge in [-0.3, -0.25) is 9.59 Å². The summed E-state index contributed by atoms with van der Waals surface area (Å²) in [6.07, 6.45) is 2.88. The third-order valence-corrected chi connectivity index (χ3v) is 3.27. The summed E-state index contributed by atoms with van der Waals surface area (Å²) in [5, 5.41) is 5.22. The Labute approximate surface area is 139 Å². The van der Waals surface area contributed by atoms with Crippen LogP contribution in [0.15, 0.2) is 34.9 Å². The van der Waals surface area contributed by atoms with Crippen LogP contribution in [-0.2, 0) is 16.0 Å². The fourth-order valence-electron chi connectivity index (χ4n) is 1.99. The molecular weight excluding hydrogens is 313 g/mol. The van der Waals surface area contributed by atoms with Crippen LogP contribution in [0.2, 0.25) is 0 Å². The zero-order valence-electron chi connectivity index (χ0n) is 13.5. The summed E-state index contributed by atoms with van der Waals surface area (Å²) < 4.78 is 18.4. The smallest absolute Gasteiger partial charge is 0.239 e. The van der Waals surface area contributed by atoms with Gasteiger partial charge in [0.2, 0.25) is 11.8 Å². The van der Waals surface area contributed by atoms with E-state index in [0.717, 1.165) is 6.42 Å². The summed E-state index contributed by atoms with van der Waals surface area (Å²) in [5.41, 5.74) is 0.715. The maximum atomic E-state index is 12.9. The van der Waals surface area contributed by atoms with Crippen LogP contribution in [0.1, 0.15) is 25.7 Å². The van der Waals surface area contributed by atoms with Crippen LogP contribution in [-0.4, -0.2) is 29.9 Å². The molecule has 6 nitrogen and oxygen atoms in total. The van der Waals surface area contributed by atoms with Gasteiger partial charge < -0.3 is 15.1 Å². The molecule has 2 rings (SSSR count). The molecule has 1 aromatic heterocycles. The SMILES string of the molecule is CCCNC(=O)CNC(=O)CCc1ncc(-c2ccc(F)cc2)o1. The molecule has 2 aromatic rings. The Bertz CT molecular complexity index is 683. The molecule has 0 aliphatic heterocycles. The van der Waals surface area contributed by atoms with Crippen molar-refractivity contribution in [2.24, 2.45) is 0 Å². The predicted octanol–water partition coefficient (Wildman–Crippen LogP) is 2.06. The van der Waals surface area contributed by atoms with Gasteiger partial charge in [0.15, 0.2) is 11.7 Å². The van der Waals surface area contributed by atoms with E-state index in [1.165, 1.54) is 12.1 Å². The number of aryl methyl sites for hydroxylation is 1. The van der Waals surface area contributed by atoms with Crippen molar-refractivity contribution >= 4 is 11.8 Å². The van der Waals surface area contributed by atoms with Crippen molar-refractivity contribution < 1.29 is 18.4 Å². The Kier molecular flexibility index (Phi) is 6.48. The number of amides is 2. The Morgan fingerprint density at radius 2 is 1.92 bits per heavy atom. The first-order chi connectivity index (χ1) is 11.6. The highest BCUT2D eigenvalue weighted by Crippen LogP contribution is 2.21. The van der Waals surface area contributed by atoms with Gasteiger partial charge >= 0.3 is 0 Å². The van der Waals surface area contributed by atoms with Crippen LogP contribution in [0.4, 0.5) is 4.39 Å². The number of nitrogens with zero attached hydrogens (tertiary/aromatic N) is 1. The molecule has 0 saturated carbocycles. The van der Waals surface area contributed by atoms with Crippen molar-refractivity contribution in [1.82, 2.24) is 15.6 Å². The molecule has 1 aromatic carbocycles. The lowest BCUT2D eigenvalue weighted by molar-refractivity contribution is -0.126. The number of carbonyl (C=O) groups is 2. The van der Waals surface area contributed by atoms with Crippen molar-refractivity contribution in [3.8, 4) is 11.3 Å². The van der Waals surface area contributed by atoms with Crippen LogP contribution in [0.25, 0.3) is 11.3 Å². The molecule has 0 atom stereocenters. The second kappa shape index (κ2) is 8.81. The molecule has 0 radical (unpaired) electrons. The molecule has 128 valence electrons. The average Bonchev–Trinajstić information content (AvgIpc) is 3.06. The fraction of sp³-hybridized carbons (Fsp3) is 0.353. The van der Waals surface area contributed by atoms with E-state index in [1.54, 1.807) is 18.3 Å². The average molecular weight is 333 g/mol. The molecule has 0 fully saturated rings. The van der Waals surface area contributed by atoms with E-state index >= 15 is 0 Å². The van der Waals surface area contributed by atoms with Gasteiger partial charge in [-0.05, 0) is 30.7 Å². The first-order valence-corrected chi connectivity index (χ1v) is 7.82. The normalized spacial score (nSPS) is 10.4. The van der Waals surface area contributed by atoms with Crippen molar-refractivity contribution in [1.29, 1.82) is 0 Å². The van der Waals surface area contributed by atoms with Gasteiger partial charge in [0.05, 0.1) is 12.7 Å². The van der Waals surface area contributed by atoms with E-state index in [2.05, 4.69) is 15.6 Å². The molecule has 0 aliphatic carbocycles. The monoisotopic (exact) mass is 333 g/mol. The van der Waals surface area contributed by atoms with Gasteiger partial charge in [0.25, 0.3) is 0 Å². The third-order valence-electron chi connectivity index (χ3n) is 3.27. The first kappa shape index (κ1) is 17.7. The topological polar surface area (TPSA) is 84.2 Å². The highest BCUT2D eigenvalue weighted by atomic mass is 19.1. The van der Waals surface area contributed by atoms with E-state index in [9.17, 15) is 14.0 Å². The molecule has 0 bridgehead atoms. The molecule has 0 aliphatic rings. The van der Waals surface area contributed by atoms with Gasteiger partial charge in [-0.15, -0.1) is 0 Å². The number of carbonyl (C=O) groups excluding carboxylic acids is 2. The molecular formula is C17H20FN3O3. The van der Waals surface area contributed by atoms with Crippen LogP contribution in [0.5, 0.6) is 0 Å². The van der Waals surface area contributed by atoms with E-state index < -0.39 is 0 Å². The lowest BCUT2D eigenvalue weighted by Crippen LogP contribution is -2.37. The van der Waals surface area contributed by atoms with Gasteiger partial charge in [0, 0.05) is 24.9 Å². The summed E-state index contributed by atoms with van der Waals surface area (Å²) in [6.45, 7) is 2.51. The quantitative estimate of drug-likeness (QED) is 0.774. The fourth-order valence-corrected chi connectivity index (χ4v) is 1.99. The molecule has 2 N–H and O–H groups in total. The summed E-state index contributed by atoms with van der Waals surface area (Å²) in [6, 6.07) is 5.88. The summed E-state index contributed by atoms with van der Waals surface area (Å²) in [5.74, 6) is 0.158. The molecule has 2 amide bonds. The van der Waals surface area contributed by atoms with Crippen molar-refractivity contribution in [2.75, 3.05) is 13.1 Å². The first-order valence-electron chi connectivity index (χ1n) is 7.82. The summed E-state index contributed by atoms with van der Waals surface area (Å²) in [4.78, 5) is 27.2. The van der Waals surface area contributed by atoms with Crippen LogP contribution < -0.4 is 10.6 Å². The van der Waals surface area contributed by atoms with Gasteiger partial charge in [-0.25, -0.2) is 9.37 Å². The highest BCUT2D eigenvalue weighted by molar-refractivity contribution is 5.84. The van der Waals surface area contributed by atoms with Gasteiger partial charge in [0.1, 0.15) is 5.82 Å². The van der Waals surface area contributed by atoms with E-state index in [4.69, 9.17) is 4.42 Å². The number of aromatic nitrogens is 1. The minimum atomic E-state index is -0.321. The Morgan fingerprint density at radius 3 is 2.62 bits per heavy atom. The molecule has 0 spiro atoms. The summed E-state index contributed by atoms with van der Waals surface area (Å²) >= 11 is 0. The van der Waals surface area contributed by atoms with Crippen LogP contribution >= 0.6 is 0 Å². The van der Waals surface area contributed by atoms with E-state index in [0.29, 0.717) is 30.2 Å². The second-order valence-electron chi connectivity index (χ2n) is 5.25. The number of halogens is 1. The van der Waals surface area contributed by atoms with Crippen LogP contribution in [0, 0.1) is 5.82 Å². The van der Waals surface area contributed by atoms with E-state index in [-0.39, 0.29) is 30.6 Å². The number of hydrogen-bond donors (Lipinski definition) is 2. The predicted molar refractivity (Wildman–Crippen MR) is 86.5 cm³/mol. The standard InChI is InChI=1S/C17H20FN3O3/c1-2-9-19-16(23)11-20-15(22)7-8-17-21-10-14(24-17)12-3-5-13(18)6-4-12/h3-6,10H,2,7-9,11H2,1H3,(H,19,23)(H,20,22). The molecule has 1 heterocycles. The number of nitrogens with one attached hydrogen (secondary N) is 2. The zero-order valence-corrected chi connectivity index (χ0v) is 13.5. The minimum Gasteiger partial charge on any atom is -0.441 e. The Hall–Kier alpha value is -2.70. The molecule has 24 heavy (non-hydrogen) atoms. The van der Waals surface area contributed by atoms with Gasteiger partial charge in [-0.1, -0.05) is 6.92 Å². The minimum absolute atomic E-state index is 0.0365. The number of rotatable bonds is 8. The van der Waals surface area contributed by atoms with Gasteiger partial charge in [-0.2, -0.15) is 0 Å². The van der Waals surface area contributed by atoms with E-state index in [1.807, 2.05) is 6.92 Å². The molecule has 7 heteroatoms. The maximum absolute atomic E-state index is 12.9. The number of hydrogen-bond acceptors (Lipinski definition) is 4.